The van der Waals surface area contributed by atoms with Crippen LogP contribution in [0.15, 0.2) is 48.5 Å². The van der Waals surface area contributed by atoms with Crippen LogP contribution in [-0.4, -0.2) is 58.1 Å². The molecule has 9 heteroatoms. The van der Waals surface area contributed by atoms with Gasteiger partial charge in [0.1, 0.15) is 22.9 Å². The molecule has 0 atom stereocenters. The number of hydrogen-bond acceptors (Lipinski definition) is 5. The SMILES string of the molecule is Cc1nn(C)c(C)c1-c1c(Cl)ccc2c(CCCOc3cccc4cc(F)ccc34)c(C(=O)OC(C)(C)C)n(CCCCCN(C)C)c12. The third-order valence-corrected chi connectivity index (χ3v) is 9.06. The van der Waals surface area contributed by atoms with Gasteiger partial charge in [0.15, 0.2) is 0 Å². The van der Waals surface area contributed by atoms with E-state index < -0.39 is 5.60 Å². The van der Waals surface area contributed by atoms with Crippen LogP contribution < -0.4 is 4.74 Å². The van der Waals surface area contributed by atoms with Crippen molar-refractivity contribution in [3.05, 3.63) is 82.0 Å². The Morgan fingerprint density at radius 2 is 1.73 bits per heavy atom. The summed E-state index contributed by atoms with van der Waals surface area (Å²) in [4.78, 5) is 16.4. The number of esters is 1. The summed E-state index contributed by atoms with van der Waals surface area (Å²) in [5.74, 6) is 0.0804. The van der Waals surface area contributed by atoms with Gasteiger partial charge < -0.3 is 18.9 Å². The topological polar surface area (TPSA) is 61.5 Å². The molecule has 0 amide bonds. The zero-order valence-corrected chi connectivity index (χ0v) is 30.3. The fraction of sp³-hybridized carbons (Fsp3) is 0.436. The lowest BCUT2D eigenvalue weighted by molar-refractivity contribution is 0.00566. The molecule has 3 aromatic carbocycles. The van der Waals surface area contributed by atoms with Crippen molar-refractivity contribution in [2.75, 3.05) is 27.2 Å². The summed E-state index contributed by atoms with van der Waals surface area (Å²) in [6.45, 7) is 11.8. The standard InChI is InChI=1S/C39H48ClFN4O3/c1-25-34(26(2)44(8)42-25)35-32(40)20-19-31-30(15-13-23-47-33-16-12-14-27-24-28(41)17-18-29(27)33)37(38(46)48-39(3,4)5)45(36(31)35)22-11-9-10-21-43(6)7/h12,14,16-20,24H,9-11,13,15,21-23H2,1-8H3. The lowest BCUT2D eigenvalue weighted by Crippen LogP contribution is -2.26. The lowest BCUT2D eigenvalue weighted by atomic mass is 9.98. The minimum Gasteiger partial charge on any atom is -0.493 e. The molecule has 0 spiro atoms. The monoisotopic (exact) mass is 674 g/mol. The Balaban J connectivity index is 1.59. The number of ether oxygens (including phenoxy) is 2. The predicted molar refractivity (Wildman–Crippen MR) is 194 cm³/mol. The third kappa shape index (κ3) is 7.71. The van der Waals surface area contributed by atoms with Crippen LogP contribution in [-0.2, 0) is 24.8 Å². The molecule has 0 saturated heterocycles. The fourth-order valence-corrected chi connectivity index (χ4v) is 6.81. The van der Waals surface area contributed by atoms with Crippen LogP contribution in [0.3, 0.4) is 0 Å². The number of carbonyl (C=O) groups excluding carboxylic acids is 1. The van der Waals surface area contributed by atoms with Gasteiger partial charge in [0, 0.05) is 41.2 Å². The summed E-state index contributed by atoms with van der Waals surface area (Å²) >= 11 is 7.07. The maximum absolute atomic E-state index is 14.2. The molecule has 0 saturated carbocycles. The van der Waals surface area contributed by atoms with Crippen molar-refractivity contribution in [2.45, 2.75) is 78.9 Å². The average Bonchev–Trinajstić information content (AvgIpc) is 3.45. The first-order chi connectivity index (χ1) is 22.8. The zero-order valence-electron chi connectivity index (χ0n) is 29.5. The van der Waals surface area contributed by atoms with Gasteiger partial charge in [-0.3, -0.25) is 4.68 Å². The van der Waals surface area contributed by atoms with E-state index in [2.05, 4.69) is 23.6 Å². The molecule has 2 heterocycles. The molecule has 256 valence electrons. The molecule has 0 N–H and O–H groups in total. The number of aryl methyl sites for hydroxylation is 4. The summed E-state index contributed by atoms with van der Waals surface area (Å²) in [6, 6.07) is 14.3. The summed E-state index contributed by atoms with van der Waals surface area (Å²) < 4.78 is 30.2. The van der Waals surface area contributed by atoms with Gasteiger partial charge in [-0.15, -0.1) is 0 Å². The van der Waals surface area contributed by atoms with Crippen molar-refractivity contribution < 1.29 is 18.7 Å². The number of nitrogens with zero attached hydrogens (tertiary/aromatic N) is 4. The van der Waals surface area contributed by atoms with Crippen LogP contribution in [0.5, 0.6) is 5.75 Å². The van der Waals surface area contributed by atoms with Crippen molar-refractivity contribution in [3.8, 4) is 16.9 Å². The van der Waals surface area contributed by atoms with E-state index in [0.29, 0.717) is 42.5 Å². The van der Waals surface area contributed by atoms with Crippen molar-refractivity contribution in [1.82, 2.24) is 19.2 Å². The second kappa shape index (κ2) is 14.7. The predicted octanol–water partition coefficient (Wildman–Crippen LogP) is 9.30. The van der Waals surface area contributed by atoms with Crippen molar-refractivity contribution in [1.29, 1.82) is 0 Å². The Morgan fingerprint density at radius 1 is 0.979 bits per heavy atom. The van der Waals surface area contributed by atoms with Gasteiger partial charge >= 0.3 is 5.97 Å². The Hall–Kier alpha value is -3.88. The summed E-state index contributed by atoms with van der Waals surface area (Å²) in [7, 11) is 6.11. The van der Waals surface area contributed by atoms with E-state index in [1.807, 2.05) is 76.7 Å². The molecule has 7 nitrogen and oxygen atoms in total. The molecule has 0 aliphatic rings. The van der Waals surface area contributed by atoms with E-state index in [0.717, 1.165) is 75.6 Å². The zero-order chi connectivity index (χ0) is 34.7. The summed E-state index contributed by atoms with van der Waals surface area (Å²) in [5, 5.41) is 7.96. The van der Waals surface area contributed by atoms with E-state index in [9.17, 15) is 9.18 Å². The Morgan fingerprint density at radius 3 is 2.42 bits per heavy atom. The van der Waals surface area contributed by atoms with Crippen LogP contribution in [0.25, 0.3) is 32.8 Å². The first-order valence-corrected chi connectivity index (χ1v) is 17.2. The fourth-order valence-electron chi connectivity index (χ4n) is 6.56. The molecule has 0 unspecified atom stereocenters. The third-order valence-electron chi connectivity index (χ3n) is 8.75. The molecule has 0 fully saturated rings. The molecule has 0 bridgehead atoms. The van der Waals surface area contributed by atoms with E-state index >= 15 is 0 Å². The van der Waals surface area contributed by atoms with Crippen LogP contribution in [0.1, 0.15) is 73.9 Å². The largest absolute Gasteiger partial charge is 0.493 e. The second-order valence-electron chi connectivity index (χ2n) is 13.9. The molecule has 5 aromatic rings. The maximum atomic E-state index is 14.2. The number of aromatic nitrogens is 3. The lowest BCUT2D eigenvalue weighted by Gasteiger charge is -2.21. The minimum absolute atomic E-state index is 0.278. The number of benzene rings is 3. The second-order valence-corrected chi connectivity index (χ2v) is 14.3. The Bertz CT molecular complexity index is 1940. The van der Waals surface area contributed by atoms with Crippen molar-refractivity contribution in [2.24, 2.45) is 7.05 Å². The number of hydrogen-bond donors (Lipinski definition) is 0. The van der Waals surface area contributed by atoms with Crippen LogP contribution >= 0.6 is 11.6 Å². The highest BCUT2D eigenvalue weighted by atomic mass is 35.5. The van der Waals surface area contributed by atoms with Crippen LogP contribution in [0, 0.1) is 19.7 Å². The molecule has 5 rings (SSSR count). The first-order valence-electron chi connectivity index (χ1n) is 16.8. The number of halogens is 2. The Labute approximate surface area is 288 Å². The number of rotatable bonds is 13. The van der Waals surface area contributed by atoms with Crippen LogP contribution in [0.2, 0.25) is 5.02 Å². The van der Waals surface area contributed by atoms with Gasteiger partial charge in [-0.2, -0.15) is 5.10 Å². The summed E-state index contributed by atoms with van der Waals surface area (Å²) in [6.07, 6.45) is 4.22. The quantitative estimate of drug-likeness (QED) is 0.0920. The highest BCUT2D eigenvalue weighted by Crippen LogP contribution is 2.42. The van der Waals surface area contributed by atoms with E-state index in [1.165, 1.54) is 12.1 Å². The number of carbonyl (C=O) groups is 1. The number of fused-ring (bicyclic) bond motifs is 2. The molecule has 0 aliphatic heterocycles. The van der Waals surface area contributed by atoms with E-state index in [4.69, 9.17) is 26.2 Å². The molecule has 0 aliphatic carbocycles. The van der Waals surface area contributed by atoms with Gasteiger partial charge in [0.25, 0.3) is 0 Å². The van der Waals surface area contributed by atoms with Crippen LogP contribution in [0.4, 0.5) is 4.39 Å². The van der Waals surface area contributed by atoms with Gasteiger partial charge in [0.2, 0.25) is 0 Å². The smallest absolute Gasteiger partial charge is 0.355 e. The molecule has 0 radical (unpaired) electrons. The highest BCUT2D eigenvalue weighted by molar-refractivity contribution is 6.35. The minimum atomic E-state index is -0.671. The van der Waals surface area contributed by atoms with E-state index in [-0.39, 0.29) is 11.8 Å². The average molecular weight is 675 g/mol. The maximum Gasteiger partial charge on any atom is 0.355 e. The normalized spacial score (nSPS) is 12.1. The summed E-state index contributed by atoms with van der Waals surface area (Å²) in [5.41, 5.74) is 5.51. The van der Waals surface area contributed by atoms with Gasteiger partial charge in [-0.25, -0.2) is 9.18 Å². The molecule has 48 heavy (non-hydrogen) atoms. The molecule has 2 aromatic heterocycles. The van der Waals surface area contributed by atoms with E-state index in [1.54, 1.807) is 6.07 Å². The van der Waals surface area contributed by atoms with Gasteiger partial charge in [-0.05, 0) is 122 Å². The van der Waals surface area contributed by atoms with Crippen molar-refractivity contribution in [3.63, 3.8) is 0 Å². The Kier molecular flexibility index (Phi) is 10.9. The number of unbranched alkanes of at least 4 members (excludes halogenated alkanes) is 2. The molecular formula is C39H48ClFN4O3. The highest BCUT2D eigenvalue weighted by Gasteiger charge is 2.30. The first kappa shape index (κ1) is 35.4. The van der Waals surface area contributed by atoms with Crippen molar-refractivity contribution >= 4 is 39.2 Å². The molecular weight excluding hydrogens is 627 g/mol. The van der Waals surface area contributed by atoms with Gasteiger partial charge in [-0.1, -0.05) is 36.2 Å². The van der Waals surface area contributed by atoms with Gasteiger partial charge in [0.05, 0.1) is 22.8 Å².